The predicted molar refractivity (Wildman–Crippen MR) is 507 cm³/mol. The highest BCUT2D eigenvalue weighted by molar-refractivity contribution is 7.90. The van der Waals surface area contributed by atoms with Crippen LogP contribution in [-0.2, 0) is 32.9 Å². The molecule has 4 aromatic heterocycles. The van der Waals surface area contributed by atoms with Gasteiger partial charge in [-0.25, -0.2) is 36.2 Å². The lowest BCUT2D eigenvalue weighted by Crippen LogP contribution is -2.47. The summed E-state index contributed by atoms with van der Waals surface area (Å²) in [4.78, 5) is 75.6. The van der Waals surface area contributed by atoms with Gasteiger partial charge in [0, 0.05) is 158 Å². The second-order valence-electron chi connectivity index (χ2n) is 39.9. The molecule has 4 N–H and O–H groups in total. The van der Waals surface area contributed by atoms with Crippen LogP contribution < -0.4 is 38.2 Å². The lowest BCUT2D eigenvalue weighted by molar-refractivity contribution is -0.386. The summed E-state index contributed by atoms with van der Waals surface area (Å²) >= 11 is 12.5. The number of rotatable bonds is 22. The predicted octanol–water partition coefficient (Wildman–Crippen LogP) is 21.2. The molecular weight excluding hydrogens is 1730 g/mol. The molecule has 2 atom stereocenters. The van der Waals surface area contributed by atoms with E-state index >= 15 is 0 Å². The van der Waals surface area contributed by atoms with Gasteiger partial charge in [-0.05, 0) is 231 Å². The van der Waals surface area contributed by atoms with Crippen molar-refractivity contribution in [3.63, 3.8) is 0 Å². The topological polar surface area (TPSA) is 320 Å². The van der Waals surface area contributed by atoms with Gasteiger partial charge in [0.1, 0.15) is 45.8 Å². The van der Waals surface area contributed by atoms with E-state index in [1.807, 2.05) is 36.4 Å². The Hall–Kier alpha value is -10.9. The molecule has 26 nitrogen and oxygen atoms in total. The van der Waals surface area contributed by atoms with E-state index in [4.69, 9.17) is 42.1 Å². The zero-order chi connectivity index (χ0) is 91.3. The standard InChI is InChI=1S/2C50H57ClN6O7S/c2*1-49(2)15-11-32(12-16-49)36-24-42-44(57(59)60)26-40(27-45(42)63-31-36)65(61,62)54-48(58)41-10-9-38(25-46(41)64-39-23-34-14-18-52-47(34)53-29-39)56-21-19-55(20-22-56)30-35-13-17-50(3,4)28-43(35)33-5-7-37(51)8-6-33/h2*5-10,14,18,23,25-27,29,32,36H,11-13,15-17,19-22,24,28,30-31H2,1-4H3,(H,52,53)(H,54,58)/t2*36-/m00/s1. The molecule has 4 aliphatic heterocycles. The Morgan fingerprint density at radius 2 is 0.862 bits per heavy atom. The van der Waals surface area contributed by atoms with Gasteiger partial charge in [0.2, 0.25) is 0 Å². The van der Waals surface area contributed by atoms with Gasteiger partial charge < -0.3 is 38.7 Å². The highest BCUT2D eigenvalue weighted by Crippen LogP contribution is 2.51. The summed E-state index contributed by atoms with van der Waals surface area (Å²) in [7, 11) is -9.23. The lowest BCUT2D eigenvalue weighted by Gasteiger charge is -2.39. The number of aromatic nitrogens is 4. The minimum absolute atomic E-state index is 0.0331. The number of benzene rings is 6. The van der Waals surface area contributed by atoms with Crippen molar-refractivity contribution in [1.82, 2.24) is 39.2 Å². The molecule has 0 bridgehead atoms. The third-order valence-corrected chi connectivity index (χ3v) is 31.5. The average Bonchev–Trinajstić information content (AvgIpc) is 0.845. The number of sulfonamides is 2. The Kier molecular flexibility index (Phi) is 25.9. The highest BCUT2D eigenvalue weighted by atomic mass is 35.5. The van der Waals surface area contributed by atoms with Crippen LogP contribution in [0.1, 0.15) is 188 Å². The molecule has 0 unspecified atom stereocenters. The zero-order valence-electron chi connectivity index (χ0n) is 75.0. The maximum atomic E-state index is 14.1. The number of anilines is 2. The van der Waals surface area contributed by atoms with Gasteiger partial charge in [-0.15, -0.1) is 0 Å². The van der Waals surface area contributed by atoms with Gasteiger partial charge in [-0.1, -0.05) is 114 Å². The van der Waals surface area contributed by atoms with Crippen LogP contribution in [0, 0.1) is 65.6 Å². The molecule has 30 heteroatoms. The van der Waals surface area contributed by atoms with E-state index < -0.39 is 51.5 Å². The van der Waals surface area contributed by atoms with Crippen LogP contribution in [-0.4, -0.2) is 147 Å². The Morgan fingerprint density at radius 1 is 0.485 bits per heavy atom. The summed E-state index contributed by atoms with van der Waals surface area (Å²) in [5, 5.41) is 27.9. The smallest absolute Gasteiger partial charge is 0.277 e. The number of ether oxygens (including phenoxy) is 4. The molecule has 0 radical (unpaired) electrons. The van der Waals surface area contributed by atoms with Crippen LogP contribution in [0.3, 0.4) is 0 Å². The number of nitrogens with zero attached hydrogens (tertiary/aromatic N) is 8. The number of pyridine rings is 2. The van der Waals surface area contributed by atoms with E-state index in [0.717, 1.165) is 200 Å². The van der Waals surface area contributed by atoms with Crippen molar-refractivity contribution in [2.75, 3.05) is 88.5 Å². The number of piperazine rings is 2. The number of H-pyrrole nitrogens is 2. The van der Waals surface area contributed by atoms with Crippen molar-refractivity contribution >= 4 is 111 Å². The highest BCUT2D eigenvalue weighted by Gasteiger charge is 2.42. The largest absolute Gasteiger partial charge is 0.493 e. The van der Waals surface area contributed by atoms with Crippen LogP contribution >= 0.6 is 23.2 Å². The summed E-state index contributed by atoms with van der Waals surface area (Å²) in [5.74, 6) is 0.327. The second-order valence-corrected chi connectivity index (χ2v) is 44.1. The minimum atomic E-state index is -4.62. The number of aromatic amines is 2. The maximum absolute atomic E-state index is 14.1. The van der Waals surface area contributed by atoms with E-state index in [9.17, 15) is 46.7 Å². The number of nitro groups is 2. The van der Waals surface area contributed by atoms with Crippen LogP contribution in [0.25, 0.3) is 33.2 Å². The van der Waals surface area contributed by atoms with Crippen molar-refractivity contribution in [3.05, 3.63) is 233 Å². The van der Waals surface area contributed by atoms with Gasteiger partial charge >= 0.3 is 0 Å². The van der Waals surface area contributed by atoms with Gasteiger partial charge in [0.25, 0.3) is 43.2 Å². The number of allylic oxidation sites excluding steroid dienone is 2. The van der Waals surface area contributed by atoms with Crippen LogP contribution in [0.5, 0.6) is 34.5 Å². The molecule has 2 saturated carbocycles. The molecule has 4 fully saturated rings. The summed E-state index contributed by atoms with van der Waals surface area (Å²) in [5.41, 5.74) is 12.2. The number of hydrogen-bond donors (Lipinski definition) is 4. The number of carbonyl (C=O) groups is 2. The first-order valence-electron chi connectivity index (χ1n) is 45.4. The first-order valence-corrected chi connectivity index (χ1v) is 49.1. The Balaban J connectivity index is 0.000000182. The fraction of sp³-hybridized carbons (Fsp3) is 0.440. The third kappa shape index (κ3) is 20.9. The average molecular weight is 1840 g/mol. The van der Waals surface area contributed by atoms with Crippen molar-refractivity contribution < 1.29 is 55.2 Å². The number of nitro benzene ring substituents is 2. The lowest BCUT2D eigenvalue weighted by atomic mass is 9.68. The number of carbonyl (C=O) groups excluding carboxylic acids is 2. The molecule has 4 aliphatic carbocycles. The summed E-state index contributed by atoms with van der Waals surface area (Å²) in [6.07, 6.45) is 22.3. The minimum Gasteiger partial charge on any atom is -0.493 e. The number of nitrogens with one attached hydrogen (secondary N) is 4. The molecule has 684 valence electrons. The Morgan fingerprint density at radius 3 is 1.23 bits per heavy atom. The molecule has 2 saturated heterocycles. The molecule has 10 aromatic rings. The first-order chi connectivity index (χ1) is 62.0. The van der Waals surface area contributed by atoms with E-state index in [-0.39, 0.29) is 79.0 Å². The van der Waals surface area contributed by atoms with Crippen molar-refractivity contribution in [2.24, 2.45) is 45.3 Å². The molecule has 2 amide bonds. The first kappa shape index (κ1) is 91.0. The molecule has 18 rings (SSSR count). The quantitative estimate of drug-likeness (QED) is 0.0362. The monoisotopic (exact) mass is 1840 g/mol. The zero-order valence-corrected chi connectivity index (χ0v) is 78.1. The SMILES string of the molecule is CC1(C)CCC([C@@H]2COc3cc(S(=O)(=O)NC(=O)c4ccc(N5CCN(CC6=C(c7ccc(Cl)cc7)CC(C)(C)CC6)CC5)cc4Oc4cnc5[nH]ccc5c4)cc([N+](=O)[O-])c3C2)CC1.CC1(C)CCC([C@@H]2COc3cc(S(=O)(=O)NC(=O)c4ccc(N5CCN(CC6=C(c7ccc(Cl)cc7)CC(C)(C)CC6)CC5)cc4Oc4cnc5[nH]ccc5c4)cc([N+](=O)[O-])c3C2)CC1. The molecule has 130 heavy (non-hydrogen) atoms. The van der Waals surface area contributed by atoms with E-state index in [1.54, 1.807) is 60.9 Å². The summed E-state index contributed by atoms with van der Waals surface area (Å²) in [6.45, 7) is 27.1. The molecular formula is C100H114Cl2N12O14S2. The Bertz CT molecular complexity index is 5910. The second kappa shape index (κ2) is 37.1. The summed E-state index contributed by atoms with van der Waals surface area (Å²) < 4.78 is 85.2. The van der Waals surface area contributed by atoms with Gasteiger partial charge in [0.05, 0.1) is 67.5 Å². The number of amides is 2. The molecule has 8 aliphatic rings. The van der Waals surface area contributed by atoms with E-state index in [0.29, 0.717) is 71.8 Å². The number of hydrogen-bond acceptors (Lipinski definition) is 20. The van der Waals surface area contributed by atoms with Crippen LogP contribution in [0.15, 0.2) is 179 Å². The maximum Gasteiger partial charge on any atom is 0.277 e. The van der Waals surface area contributed by atoms with Crippen molar-refractivity contribution in [1.29, 1.82) is 0 Å². The van der Waals surface area contributed by atoms with E-state index in [2.05, 4.69) is 129 Å². The normalized spacial score (nSPS) is 20.3. The van der Waals surface area contributed by atoms with Crippen LogP contribution in [0.4, 0.5) is 22.7 Å². The number of fused-ring (bicyclic) bond motifs is 4. The fourth-order valence-electron chi connectivity index (χ4n) is 20.4. The van der Waals surface area contributed by atoms with Crippen LogP contribution in [0.2, 0.25) is 10.0 Å². The molecule has 0 spiro atoms. The summed E-state index contributed by atoms with van der Waals surface area (Å²) in [6, 6.07) is 38.5. The molecule has 6 aromatic carbocycles. The van der Waals surface area contributed by atoms with Gasteiger partial charge in [-0.3, -0.25) is 39.6 Å². The molecule has 8 heterocycles. The van der Waals surface area contributed by atoms with Crippen molar-refractivity contribution in [3.8, 4) is 34.5 Å². The Labute approximate surface area is 769 Å². The number of halogens is 2. The van der Waals surface area contributed by atoms with Crippen molar-refractivity contribution in [2.45, 2.75) is 168 Å². The van der Waals surface area contributed by atoms with E-state index in [1.165, 1.54) is 57.9 Å². The fourth-order valence-corrected chi connectivity index (χ4v) is 22.6. The van der Waals surface area contributed by atoms with Gasteiger partial charge in [-0.2, -0.15) is 0 Å². The third-order valence-electron chi connectivity index (χ3n) is 28.4. The van der Waals surface area contributed by atoms with Gasteiger partial charge in [0.15, 0.2) is 0 Å².